The van der Waals surface area contributed by atoms with Crippen LogP contribution >= 0.6 is 22.6 Å². The summed E-state index contributed by atoms with van der Waals surface area (Å²) in [5, 5.41) is 0. The van der Waals surface area contributed by atoms with Gasteiger partial charge in [-0.25, -0.2) is 17.6 Å². The highest BCUT2D eigenvalue weighted by molar-refractivity contribution is 14.1. The quantitative estimate of drug-likeness (QED) is 0.399. The van der Waals surface area contributed by atoms with Gasteiger partial charge in [-0.2, -0.15) is 4.39 Å². The van der Waals surface area contributed by atoms with Gasteiger partial charge < -0.3 is 0 Å². The van der Waals surface area contributed by atoms with Crippen molar-refractivity contribution in [2.75, 3.05) is 0 Å². The Balaban J connectivity index is 5.17. The number of hydrogen-bond donors (Lipinski definition) is 0. The van der Waals surface area contributed by atoms with E-state index in [1.807, 2.05) is 0 Å². The van der Waals surface area contributed by atoms with Crippen LogP contribution in [-0.4, -0.2) is 0 Å². The zero-order valence-electron chi connectivity index (χ0n) is 6.35. The maximum absolute atomic E-state index is 12.6. The largest absolute Gasteiger partial charge is 0.212 e. The third kappa shape index (κ3) is 3.45. The average Bonchev–Trinajstić information content (AvgIpc) is 2.12. The van der Waals surface area contributed by atoms with Gasteiger partial charge in [-0.1, -0.05) is 0 Å². The maximum atomic E-state index is 12.6. The van der Waals surface area contributed by atoms with Crippen LogP contribution < -0.4 is 0 Å². The van der Waals surface area contributed by atoms with Gasteiger partial charge in [0, 0.05) is 5.57 Å². The average molecular weight is 310 g/mol. The predicted octanol–water partition coefficient (Wildman–Crippen LogP) is 4.55. The van der Waals surface area contributed by atoms with Crippen molar-refractivity contribution in [1.82, 2.24) is 0 Å². The minimum absolute atomic E-state index is 0.713. The van der Waals surface area contributed by atoms with E-state index in [1.54, 1.807) is 0 Å². The first-order valence-corrected chi connectivity index (χ1v) is 4.03. The molecule has 0 atom stereocenters. The van der Waals surface area contributed by atoms with E-state index < -0.39 is 33.2 Å². The zero-order chi connectivity index (χ0) is 10.6. The highest BCUT2D eigenvalue weighted by atomic mass is 127. The molecule has 0 bridgehead atoms. The van der Waals surface area contributed by atoms with Gasteiger partial charge in [-0.15, -0.1) is 0 Å². The van der Waals surface area contributed by atoms with Crippen LogP contribution in [0.2, 0.25) is 0 Å². The summed E-state index contributed by atoms with van der Waals surface area (Å²) in [7, 11) is 0. The summed E-state index contributed by atoms with van der Waals surface area (Å²) in [6.07, 6.45) is -0.743. The van der Waals surface area contributed by atoms with Crippen molar-refractivity contribution in [3.05, 3.63) is 33.2 Å². The van der Waals surface area contributed by atoms with Crippen molar-refractivity contribution in [3.63, 3.8) is 0 Å². The molecule has 0 spiro atoms. The van der Waals surface area contributed by atoms with E-state index in [1.165, 1.54) is 0 Å². The zero-order valence-corrected chi connectivity index (χ0v) is 8.50. The second kappa shape index (κ2) is 5.36. The van der Waals surface area contributed by atoms with Gasteiger partial charge in [0.1, 0.15) is 6.33 Å². The van der Waals surface area contributed by atoms with Crippen molar-refractivity contribution < 1.29 is 22.0 Å². The monoisotopic (exact) mass is 310 g/mol. The third-order valence-electron chi connectivity index (χ3n) is 1.11. The molecule has 0 aliphatic heterocycles. The van der Waals surface area contributed by atoms with Crippen molar-refractivity contribution >= 4 is 22.6 Å². The molecule has 0 amide bonds. The van der Waals surface area contributed by atoms with E-state index in [0.29, 0.717) is 0 Å². The summed E-state index contributed by atoms with van der Waals surface area (Å²) in [6.45, 7) is 0.905. The molecule has 0 aliphatic carbocycles. The number of halogens is 6. The normalized spacial score (nSPS) is 16.7. The van der Waals surface area contributed by atoms with E-state index in [4.69, 9.17) is 0 Å². The van der Waals surface area contributed by atoms with E-state index in [9.17, 15) is 22.0 Å². The summed E-state index contributed by atoms with van der Waals surface area (Å²) in [4.78, 5) is 0. The fourth-order valence-electron chi connectivity index (χ4n) is 0.400. The number of rotatable bonds is 2. The SMILES string of the molecule is CC(=C(\F)I)/C(F)=C(F)\C(F)=C\F. The Morgan fingerprint density at radius 3 is 1.85 bits per heavy atom. The van der Waals surface area contributed by atoms with Crippen molar-refractivity contribution in [3.8, 4) is 0 Å². The van der Waals surface area contributed by atoms with Gasteiger partial charge in [0.2, 0.25) is 0 Å². The van der Waals surface area contributed by atoms with Gasteiger partial charge in [0.05, 0.1) is 0 Å². The van der Waals surface area contributed by atoms with Gasteiger partial charge in [-0.3, -0.25) is 0 Å². The summed E-state index contributed by atoms with van der Waals surface area (Å²) in [5.74, 6) is -5.81. The lowest BCUT2D eigenvalue weighted by molar-refractivity contribution is 0.482. The van der Waals surface area contributed by atoms with Gasteiger partial charge in [0.15, 0.2) is 21.3 Å². The Kier molecular flexibility index (Phi) is 5.19. The van der Waals surface area contributed by atoms with E-state index in [-0.39, 0.29) is 0 Å². The molecule has 0 aromatic carbocycles. The molecule has 0 N–H and O–H groups in total. The Morgan fingerprint density at radius 2 is 1.54 bits per heavy atom. The second-order valence-electron chi connectivity index (χ2n) is 1.97. The predicted molar refractivity (Wildman–Crippen MR) is 47.4 cm³/mol. The van der Waals surface area contributed by atoms with Crippen LogP contribution in [0.25, 0.3) is 0 Å². The Labute approximate surface area is 84.9 Å². The topological polar surface area (TPSA) is 0 Å². The Hall–Kier alpha value is -0.400. The van der Waals surface area contributed by atoms with Crippen LogP contribution in [0.1, 0.15) is 6.92 Å². The van der Waals surface area contributed by atoms with Crippen LogP contribution in [0, 0.1) is 0 Å². The molecule has 6 heteroatoms. The first-order chi connectivity index (χ1) is 5.91. The molecular weight excluding hydrogens is 306 g/mol. The minimum Gasteiger partial charge on any atom is -0.212 e. The molecule has 0 aromatic rings. The van der Waals surface area contributed by atoms with E-state index in [0.717, 1.165) is 29.5 Å². The van der Waals surface area contributed by atoms with E-state index >= 15 is 0 Å². The van der Waals surface area contributed by atoms with Crippen molar-refractivity contribution in [1.29, 1.82) is 0 Å². The number of hydrogen-bond acceptors (Lipinski definition) is 0. The first-order valence-electron chi connectivity index (χ1n) is 2.95. The number of allylic oxidation sites excluding steroid dienone is 4. The Bertz CT molecular complexity index is 285. The second-order valence-corrected chi connectivity index (χ2v) is 2.92. The highest BCUT2D eigenvalue weighted by Gasteiger charge is 2.15. The van der Waals surface area contributed by atoms with Gasteiger partial charge in [0.25, 0.3) is 0 Å². The van der Waals surface area contributed by atoms with Crippen LogP contribution in [0.5, 0.6) is 0 Å². The lowest BCUT2D eigenvalue weighted by Crippen LogP contribution is -1.85. The van der Waals surface area contributed by atoms with E-state index in [2.05, 4.69) is 0 Å². The summed E-state index contributed by atoms with van der Waals surface area (Å²) in [5.41, 5.74) is -0.713. The molecule has 0 rings (SSSR count). The first kappa shape index (κ1) is 12.6. The molecule has 0 unspecified atom stereocenters. The molecule has 74 valence electrons. The molecular formula is C7H4F5I. The molecule has 0 nitrogen and oxygen atoms in total. The molecule has 0 saturated heterocycles. The summed E-state index contributed by atoms with van der Waals surface area (Å²) < 4.78 is 59.7. The Morgan fingerprint density at radius 1 is 1.08 bits per heavy atom. The van der Waals surface area contributed by atoms with Gasteiger partial charge in [-0.05, 0) is 29.5 Å². The fraction of sp³-hybridized carbons (Fsp3) is 0.143. The van der Waals surface area contributed by atoms with Crippen molar-refractivity contribution in [2.24, 2.45) is 0 Å². The van der Waals surface area contributed by atoms with Crippen LogP contribution in [0.4, 0.5) is 22.0 Å². The summed E-state index contributed by atoms with van der Waals surface area (Å²) in [6, 6.07) is 0. The molecule has 0 fully saturated rings. The van der Waals surface area contributed by atoms with Crippen molar-refractivity contribution in [2.45, 2.75) is 6.92 Å². The molecule has 0 saturated carbocycles. The molecule has 0 aromatic heterocycles. The molecule has 0 heterocycles. The fourth-order valence-corrected chi connectivity index (χ4v) is 0.637. The molecule has 13 heavy (non-hydrogen) atoms. The summed E-state index contributed by atoms with van der Waals surface area (Å²) >= 11 is 1.09. The van der Waals surface area contributed by atoms with Crippen LogP contribution in [-0.2, 0) is 0 Å². The van der Waals surface area contributed by atoms with Crippen LogP contribution in [0.15, 0.2) is 33.2 Å². The smallest absolute Gasteiger partial charge is 0.197 e. The highest BCUT2D eigenvalue weighted by Crippen LogP contribution is 2.28. The molecule has 0 radical (unpaired) electrons. The maximum Gasteiger partial charge on any atom is 0.197 e. The lowest BCUT2D eigenvalue weighted by atomic mass is 10.2. The minimum atomic E-state index is -2.05. The third-order valence-corrected chi connectivity index (χ3v) is 1.92. The lowest BCUT2D eigenvalue weighted by Gasteiger charge is -1.98. The van der Waals surface area contributed by atoms with Gasteiger partial charge >= 0.3 is 0 Å². The molecule has 0 aliphatic rings. The standard InChI is InChI=1S/C7H4F5I/c1-3(7(12)13)5(10)6(11)4(9)2-8/h2H,1H3/b4-2-,6-5-,7-3-. The van der Waals surface area contributed by atoms with Crippen LogP contribution in [0.3, 0.4) is 0 Å².